The molecule has 1 aromatic rings. The summed E-state index contributed by atoms with van der Waals surface area (Å²) in [5.41, 5.74) is -0.380. The molecular formula is C18H32ClN5O2. The predicted molar refractivity (Wildman–Crippen MR) is 106 cm³/mol. The molecule has 148 valence electrons. The average Bonchev–Trinajstić information content (AvgIpc) is 2.57. The quantitative estimate of drug-likeness (QED) is 0.571. The van der Waals surface area contributed by atoms with Gasteiger partial charge < -0.3 is 19.6 Å². The Morgan fingerprint density at radius 1 is 1.27 bits per heavy atom. The zero-order valence-electron chi connectivity index (χ0n) is 16.6. The van der Waals surface area contributed by atoms with Gasteiger partial charge in [-0.1, -0.05) is 13.3 Å². The number of unbranched alkanes of at least 4 members (excludes halogenated alkanes) is 1. The van der Waals surface area contributed by atoms with Gasteiger partial charge in [0.25, 0.3) is 0 Å². The number of rotatable bonds is 7. The fourth-order valence-corrected chi connectivity index (χ4v) is 3.00. The lowest BCUT2D eigenvalue weighted by Gasteiger charge is -2.39. The van der Waals surface area contributed by atoms with E-state index in [1.165, 1.54) is 0 Å². The monoisotopic (exact) mass is 385 g/mol. The molecule has 1 aromatic heterocycles. The van der Waals surface area contributed by atoms with Crippen molar-refractivity contribution in [2.24, 2.45) is 0 Å². The Balaban J connectivity index is 1.99. The van der Waals surface area contributed by atoms with E-state index in [0.717, 1.165) is 44.1 Å². The summed E-state index contributed by atoms with van der Waals surface area (Å²) in [7, 11) is 2.02. The van der Waals surface area contributed by atoms with Crippen LogP contribution in [0.3, 0.4) is 0 Å². The molecule has 2 heterocycles. The molecule has 0 saturated carbocycles. The fourth-order valence-electron chi connectivity index (χ4n) is 2.82. The smallest absolute Gasteiger partial charge is 0.226 e. The number of aliphatic hydroxyl groups excluding tert-OH is 1. The summed E-state index contributed by atoms with van der Waals surface area (Å²) >= 11 is 6.15. The van der Waals surface area contributed by atoms with Crippen LogP contribution in [-0.2, 0) is 4.74 Å². The highest BCUT2D eigenvalue weighted by Gasteiger charge is 2.27. The topological polar surface area (TPSA) is 65.0 Å². The van der Waals surface area contributed by atoms with Crippen molar-refractivity contribution < 1.29 is 9.84 Å². The summed E-state index contributed by atoms with van der Waals surface area (Å²) in [5.74, 6) is 1.67. The number of anilines is 2. The van der Waals surface area contributed by atoms with Crippen LogP contribution in [0, 0.1) is 0 Å². The number of nitrogens with zero attached hydrogens (tertiary/aromatic N) is 5. The first-order valence-electron chi connectivity index (χ1n) is 9.30. The van der Waals surface area contributed by atoms with Crippen LogP contribution in [0.15, 0.2) is 6.07 Å². The lowest BCUT2D eigenvalue weighted by Crippen LogP contribution is -2.52. The van der Waals surface area contributed by atoms with Crippen LogP contribution in [0.4, 0.5) is 11.6 Å². The van der Waals surface area contributed by atoms with Gasteiger partial charge in [0.1, 0.15) is 11.6 Å². The summed E-state index contributed by atoms with van der Waals surface area (Å²) < 4.78 is 5.63. The Morgan fingerprint density at radius 3 is 2.50 bits per heavy atom. The maximum atomic E-state index is 10.2. The molecule has 8 heteroatoms. The van der Waals surface area contributed by atoms with Gasteiger partial charge in [-0.3, -0.25) is 4.90 Å². The van der Waals surface area contributed by atoms with E-state index < -0.39 is 6.41 Å². The van der Waals surface area contributed by atoms with Crippen LogP contribution < -0.4 is 9.80 Å². The average molecular weight is 386 g/mol. The van der Waals surface area contributed by atoms with Crippen molar-refractivity contribution in [1.29, 1.82) is 0 Å². The van der Waals surface area contributed by atoms with Crippen molar-refractivity contribution >= 4 is 23.2 Å². The van der Waals surface area contributed by atoms with Gasteiger partial charge in [0.05, 0.1) is 5.60 Å². The van der Waals surface area contributed by atoms with Crippen molar-refractivity contribution in [2.45, 2.75) is 52.6 Å². The summed E-state index contributed by atoms with van der Waals surface area (Å²) in [6.45, 7) is 11.8. The van der Waals surface area contributed by atoms with E-state index in [1.54, 1.807) is 0 Å². The van der Waals surface area contributed by atoms with Crippen molar-refractivity contribution in [3.05, 3.63) is 11.3 Å². The van der Waals surface area contributed by atoms with E-state index in [9.17, 15) is 5.11 Å². The van der Waals surface area contributed by atoms with E-state index in [0.29, 0.717) is 13.1 Å². The van der Waals surface area contributed by atoms with Crippen LogP contribution in [-0.4, -0.2) is 71.8 Å². The Bertz CT molecular complexity index is 573. The molecule has 0 aromatic carbocycles. The van der Waals surface area contributed by atoms with E-state index in [1.807, 2.05) is 38.8 Å². The first-order valence-corrected chi connectivity index (χ1v) is 9.68. The van der Waals surface area contributed by atoms with Crippen molar-refractivity contribution in [3.63, 3.8) is 0 Å². The molecule has 0 spiro atoms. The van der Waals surface area contributed by atoms with Gasteiger partial charge >= 0.3 is 0 Å². The number of piperazine rings is 1. The highest BCUT2D eigenvalue weighted by atomic mass is 35.5. The lowest BCUT2D eigenvalue weighted by atomic mass is 10.2. The normalized spacial score (nSPS) is 17.4. The largest absolute Gasteiger partial charge is 0.359 e. The Labute approximate surface area is 161 Å². The van der Waals surface area contributed by atoms with E-state index >= 15 is 0 Å². The molecule has 0 bridgehead atoms. The second-order valence-electron chi connectivity index (χ2n) is 7.71. The van der Waals surface area contributed by atoms with Gasteiger partial charge in [-0.15, -0.1) is 0 Å². The van der Waals surface area contributed by atoms with E-state index in [-0.39, 0.29) is 10.9 Å². The molecule has 1 fully saturated rings. The zero-order valence-corrected chi connectivity index (χ0v) is 17.3. The second kappa shape index (κ2) is 9.17. The Hall–Kier alpha value is -1.15. The number of hydrogen-bond acceptors (Lipinski definition) is 7. The molecule has 1 unspecified atom stereocenters. The lowest BCUT2D eigenvalue weighted by molar-refractivity contribution is -0.239. The second-order valence-corrected chi connectivity index (χ2v) is 8.05. The third kappa shape index (κ3) is 6.23. The summed E-state index contributed by atoms with van der Waals surface area (Å²) in [6.07, 6.45) is 1.36. The Kier molecular flexibility index (Phi) is 7.46. The van der Waals surface area contributed by atoms with Crippen molar-refractivity contribution in [3.8, 4) is 0 Å². The van der Waals surface area contributed by atoms with Crippen LogP contribution in [0.1, 0.15) is 40.5 Å². The number of aliphatic hydroxyl groups is 1. The zero-order chi connectivity index (χ0) is 19.3. The molecule has 1 saturated heterocycles. The minimum Gasteiger partial charge on any atom is -0.359 e. The molecule has 1 atom stereocenters. The first kappa shape index (κ1) is 21.2. The number of ether oxygens (including phenoxy) is 1. The molecule has 0 radical (unpaired) electrons. The van der Waals surface area contributed by atoms with Crippen LogP contribution in [0.5, 0.6) is 0 Å². The summed E-state index contributed by atoms with van der Waals surface area (Å²) in [5, 5.41) is 10.5. The molecular weight excluding hydrogens is 354 g/mol. The minimum atomic E-state index is -0.887. The molecule has 0 amide bonds. The number of halogens is 1. The maximum absolute atomic E-state index is 10.2. The number of hydrogen-bond donors (Lipinski definition) is 1. The SMILES string of the molecule is CCCCN(C)c1cc(N2CCN(C(O)OC(C)(C)C)CC2)nc(Cl)n1. The van der Waals surface area contributed by atoms with Crippen molar-refractivity contribution in [1.82, 2.24) is 14.9 Å². The molecule has 1 aliphatic rings. The molecule has 2 rings (SSSR count). The van der Waals surface area contributed by atoms with Gasteiger partial charge in [0.2, 0.25) is 11.7 Å². The predicted octanol–water partition coefficient (Wildman–Crippen LogP) is 2.58. The minimum absolute atomic E-state index is 0.263. The van der Waals surface area contributed by atoms with Gasteiger partial charge in [-0.05, 0) is 38.8 Å². The van der Waals surface area contributed by atoms with Gasteiger partial charge in [0.15, 0.2) is 0 Å². The molecule has 1 N–H and O–H groups in total. The maximum Gasteiger partial charge on any atom is 0.226 e. The van der Waals surface area contributed by atoms with Crippen LogP contribution >= 0.6 is 11.6 Å². The molecule has 0 aliphatic carbocycles. The Morgan fingerprint density at radius 2 is 1.92 bits per heavy atom. The van der Waals surface area contributed by atoms with Gasteiger partial charge in [-0.25, -0.2) is 9.97 Å². The highest BCUT2D eigenvalue weighted by Crippen LogP contribution is 2.23. The van der Waals surface area contributed by atoms with Crippen molar-refractivity contribution in [2.75, 3.05) is 49.6 Å². The summed E-state index contributed by atoms with van der Waals surface area (Å²) in [4.78, 5) is 14.9. The third-order valence-corrected chi connectivity index (χ3v) is 4.49. The fraction of sp³-hybridized carbons (Fsp3) is 0.778. The third-order valence-electron chi connectivity index (χ3n) is 4.32. The van der Waals surface area contributed by atoms with Crippen LogP contribution in [0.25, 0.3) is 0 Å². The van der Waals surface area contributed by atoms with E-state index in [2.05, 4.69) is 26.7 Å². The van der Waals surface area contributed by atoms with Crippen LogP contribution in [0.2, 0.25) is 5.28 Å². The highest BCUT2D eigenvalue weighted by molar-refractivity contribution is 6.28. The first-order chi connectivity index (χ1) is 12.2. The summed E-state index contributed by atoms with van der Waals surface area (Å²) in [6, 6.07) is 1.99. The molecule has 1 aliphatic heterocycles. The van der Waals surface area contributed by atoms with E-state index in [4.69, 9.17) is 16.3 Å². The standard InChI is InChI=1S/C18H32ClN5O2/c1-6-7-8-22(5)14-13-15(21-16(19)20-14)23-9-11-24(12-10-23)17(25)26-18(2,3)4/h13,17,25H,6-12H2,1-5H3. The van der Waals surface area contributed by atoms with Gasteiger partial charge in [0, 0.05) is 45.8 Å². The number of aromatic nitrogens is 2. The van der Waals surface area contributed by atoms with Gasteiger partial charge in [-0.2, -0.15) is 0 Å². The molecule has 26 heavy (non-hydrogen) atoms. The molecule has 7 nitrogen and oxygen atoms in total.